The largest absolute Gasteiger partial charge is 0.0654 e. The Morgan fingerprint density at radius 2 is 1.33 bits per heavy atom. The van der Waals surface area contributed by atoms with E-state index in [1.807, 2.05) is 0 Å². The normalized spacial score (nSPS) is 16.3. The first-order chi connectivity index (χ1) is 8.32. The number of hydrogen-bond donors (Lipinski definition) is 0. The van der Waals surface area contributed by atoms with Crippen LogP contribution in [0, 0.1) is 29.1 Å². The molecular weight excluding hydrogens is 216 g/mol. The summed E-state index contributed by atoms with van der Waals surface area (Å²) in [6.07, 6.45) is 6.88. The van der Waals surface area contributed by atoms with Crippen LogP contribution < -0.4 is 0 Å². The molecule has 0 aliphatic rings. The predicted octanol–water partition coefficient (Wildman–Crippen LogP) is 6.55. The second kappa shape index (κ2) is 8.23. The first-order valence-electron chi connectivity index (χ1n) is 8.32. The van der Waals surface area contributed by atoms with Crippen molar-refractivity contribution < 1.29 is 0 Å². The van der Waals surface area contributed by atoms with Crippen molar-refractivity contribution >= 4 is 0 Å². The Bertz CT molecular complexity index is 194. The predicted molar refractivity (Wildman–Crippen MR) is 84.9 cm³/mol. The monoisotopic (exact) mass is 254 g/mol. The maximum atomic E-state index is 2.51. The van der Waals surface area contributed by atoms with E-state index in [0.29, 0.717) is 5.41 Å². The number of rotatable bonds is 9. The van der Waals surface area contributed by atoms with Gasteiger partial charge in [-0.1, -0.05) is 74.7 Å². The van der Waals surface area contributed by atoms with Crippen molar-refractivity contribution in [2.75, 3.05) is 0 Å². The average molecular weight is 255 g/mol. The van der Waals surface area contributed by atoms with E-state index in [0.717, 1.165) is 23.7 Å². The summed E-state index contributed by atoms with van der Waals surface area (Å²) in [6, 6.07) is 0. The van der Waals surface area contributed by atoms with Crippen LogP contribution >= 0.6 is 0 Å². The number of hydrogen-bond acceptors (Lipinski definition) is 0. The van der Waals surface area contributed by atoms with Crippen LogP contribution in [0.1, 0.15) is 87.5 Å². The van der Waals surface area contributed by atoms with Crippen LogP contribution in [0.3, 0.4) is 0 Å². The summed E-state index contributed by atoms with van der Waals surface area (Å²) < 4.78 is 0. The lowest BCUT2D eigenvalue weighted by Crippen LogP contribution is -2.39. The van der Waals surface area contributed by atoms with E-state index in [9.17, 15) is 0 Å². The highest BCUT2D eigenvalue weighted by molar-refractivity contribution is 4.89. The van der Waals surface area contributed by atoms with Gasteiger partial charge in [-0.05, 0) is 41.9 Å². The Morgan fingerprint density at radius 1 is 0.833 bits per heavy atom. The SMILES string of the molecule is CCCCC(C)CC(C)C(CC)(C(C)C)C(C)C. The van der Waals surface area contributed by atoms with Crippen LogP contribution in [0.4, 0.5) is 0 Å². The van der Waals surface area contributed by atoms with E-state index in [1.165, 1.54) is 32.1 Å². The van der Waals surface area contributed by atoms with E-state index in [-0.39, 0.29) is 0 Å². The van der Waals surface area contributed by atoms with Crippen molar-refractivity contribution in [3.05, 3.63) is 0 Å². The van der Waals surface area contributed by atoms with Crippen LogP contribution in [0.25, 0.3) is 0 Å². The third kappa shape index (κ3) is 4.28. The van der Waals surface area contributed by atoms with Crippen LogP contribution in [0.2, 0.25) is 0 Å². The Kier molecular flexibility index (Phi) is 8.23. The van der Waals surface area contributed by atoms with E-state index >= 15 is 0 Å². The average Bonchev–Trinajstić information content (AvgIpc) is 2.26. The van der Waals surface area contributed by atoms with E-state index < -0.39 is 0 Å². The molecule has 0 aromatic carbocycles. The minimum absolute atomic E-state index is 0.528. The van der Waals surface area contributed by atoms with Crippen molar-refractivity contribution in [1.82, 2.24) is 0 Å². The first-order valence-corrected chi connectivity index (χ1v) is 8.32. The van der Waals surface area contributed by atoms with Gasteiger partial charge in [-0.25, -0.2) is 0 Å². The fourth-order valence-electron chi connectivity index (χ4n) is 4.46. The fraction of sp³-hybridized carbons (Fsp3) is 1.00. The van der Waals surface area contributed by atoms with Gasteiger partial charge in [0.1, 0.15) is 0 Å². The Balaban J connectivity index is 4.71. The molecule has 0 fully saturated rings. The molecule has 18 heavy (non-hydrogen) atoms. The molecule has 2 atom stereocenters. The summed E-state index contributed by atoms with van der Waals surface area (Å²) in [6.45, 7) is 19.4. The van der Waals surface area contributed by atoms with Gasteiger partial charge in [-0.3, -0.25) is 0 Å². The Morgan fingerprint density at radius 3 is 1.67 bits per heavy atom. The summed E-state index contributed by atoms with van der Waals surface area (Å²) in [7, 11) is 0. The van der Waals surface area contributed by atoms with Gasteiger partial charge in [-0.2, -0.15) is 0 Å². The molecule has 0 amide bonds. The lowest BCUT2D eigenvalue weighted by atomic mass is 9.58. The van der Waals surface area contributed by atoms with Gasteiger partial charge in [0.2, 0.25) is 0 Å². The molecule has 0 saturated heterocycles. The Labute approximate surface area is 117 Å². The van der Waals surface area contributed by atoms with Gasteiger partial charge in [0, 0.05) is 0 Å². The van der Waals surface area contributed by atoms with Crippen molar-refractivity contribution in [2.24, 2.45) is 29.1 Å². The molecule has 0 aliphatic heterocycles. The highest BCUT2D eigenvalue weighted by Gasteiger charge is 2.40. The smallest absolute Gasteiger partial charge is 0.0228 e. The van der Waals surface area contributed by atoms with Crippen LogP contribution in [-0.4, -0.2) is 0 Å². The summed E-state index contributed by atoms with van der Waals surface area (Å²) in [4.78, 5) is 0. The molecule has 0 spiro atoms. The summed E-state index contributed by atoms with van der Waals surface area (Å²) >= 11 is 0. The first kappa shape index (κ1) is 18.0. The minimum Gasteiger partial charge on any atom is -0.0654 e. The minimum atomic E-state index is 0.528. The third-order valence-corrected chi connectivity index (χ3v) is 5.49. The van der Waals surface area contributed by atoms with Crippen molar-refractivity contribution in [3.8, 4) is 0 Å². The molecule has 0 aromatic heterocycles. The molecule has 0 N–H and O–H groups in total. The highest BCUT2D eigenvalue weighted by atomic mass is 14.4. The molecule has 0 heteroatoms. The van der Waals surface area contributed by atoms with Gasteiger partial charge in [0.25, 0.3) is 0 Å². The molecule has 110 valence electrons. The third-order valence-electron chi connectivity index (χ3n) is 5.49. The summed E-state index contributed by atoms with van der Waals surface area (Å²) in [5.41, 5.74) is 0.528. The molecule has 0 radical (unpaired) electrons. The summed E-state index contributed by atoms with van der Waals surface area (Å²) in [5.74, 6) is 3.31. The molecular formula is C18H38. The zero-order valence-electron chi connectivity index (χ0n) is 14.3. The maximum Gasteiger partial charge on any atom is -0.0228 e. The fourth-order valence-corrected chi connectivity index (χ4v) is 4.46. The molecule has 0 saturated carbocycles. The quantitative estimate of drug-likeness (QED) is 0.438. The lowest BCUT2D eigenvalue weighted by Gasteiger charge is -2.47. The second-order valence-corrected chi connectivity index (χ2v) is 7.16. The standard InChI is InChI=1S/C18H38/c1-9-11-12-16(7)13-17(8)18(10-2,14(3)4)15(5)6/h14-17H,9-13H2,1-8H3. The van der Waals surface area contributed by atoms with E-state index in [2.05, 4.69) is 55.4 Å². The topological polar surface area (TPSA) is 0 Å². The molecule has 2 unspecified atom stereocenters. The Hall–Kier alpha value is 0. The summed E-state index contributed by atoms with van der Waals surface area (Å²) in [5, 5.41) is 0. The lowest BCUT2D eigenvalue weighted by molar-refractivity contribution is 0.0226. The van der Waals surface area contributed by atoms with Crippen LogP contribution in [-0.2, 0) is 0 Å². The van der Waals surface area contributed by atoms with Gasteiger partial charge in [-0.15, -0.1) is 0 Å². The van der Waals surface area contributed by atoms with Crippen LogP contribution in [0.5, 0.6) is 0 Å². The van der Waals surface area contributed by atoms with Crippen molar-refractivity contribution in [1.29, 1.82) is 0 Å². The highest BCUT2D eigenvalue weighted by Crippen LogP contribution is 2.48. The molecule has 0 rings (SSSR count). The van der Waals surface area contributed by atoms with Crippen LogP contribution in [0.15, 0.2) is 0 Å². The van der Waals surface area contributed by atoms with Crippen molar-refractivity contribution in [3.63, 3.8) is 0 Å². The molecule has 0 aliphatic carbocycles. The van der Waals surface area contributed by atoms with Gasteiger partial charge >= 0.3 is 0 Å². The van der Waals surface area contributed by atoms with Gasteiger partial charge in [0.15, 0.2) is 0 Å². The molecule has 0 nitrogen and oxygen atoms in total. The maximum absolute atomic E-state index is 2.51. The van der Waals surface area contributed by atoms with Gasteiger partial charge < -0.3 is 0 Å². The zero-order valence-corrected chi connectivity index (χ0v) is 14.3. The second-order valence-electron chi connectivity index (χ2n) is 7.16. The molecule has 0 heterocycles. The van der Waals surface area contributed by atoms with E-state index in [4.69, 9.17) is 0 Å². The zero-order chi connectivity index (χ0) is 14.3. The van der Waals surface area contributed by atoms with Gasteiger partial charge in [0.05, 0.1) is 0 Å². The molecule has 0 aromatic rings. The number of unbranched alkanes of at least 4 members (excludes halogenated alkanes) is 1. The van der Waals surface area contributed by atoms with Crippen molar-refractivity contribution in [2.45, 2.75) is 87.5 Å². The molecule has 0 bridgehead atoms. The van der Waals surface area contributed by atoms with E-state index in [1.54, 1.807) is 0 Å².